The molecule has 1 aliphatic heterocycles. The summed E-state index contributed by atoms with van der Waals surface area (Å²) in [6.07, 6.45) is 3.91. The molecule has 0 saturated carbocycles. The first-order valence-corrected chi connectivity index (χ1v) is 9.35. The molecule has 1 aliphatic rings. The Morgan fingerprint density at radius 2 is 2.19 bits per heavy atom. The molecule has 1 aromatic carbocycles. The van der Waals surface area contributed by atoms with Gasteiger partial charge in [0.2, 0.25) is 5.91 Å². The molecule has 2 N–H and O–H groups in total. The fourth-order valence-corrected chi connectivity index (χ4v) is 3.35. The summed E-state index contributed by atoms with van der Waals surface area (Å²) < 4.78 is 15.0. The van der Waals surface area contributed by atoms with E-state index in [-0.39, 0.29) is 31.2 Å². The third-order valence-electron chi connectivity index (χ3n) is 4.22. The number of pyridine rings is 1. The first-order valence-electron chi connectivity index (χ1n) is 8.27. The monoisotopic (exact) mass is 485 g/mol. The number of carbonyl (C=O) groups is 2. The third kappa shape index (κ3) is 4.60. The molecule has 7 nitrogen and oxygen atoms in total. The van der Waals surface area contributed by atoms with Crippen LogP contribution in [0.25, 0.3) is 0 Å². The molecule has 2 aromatic rings. The Balaban J connectivity index is 1.80. The van der Waals surface area contributed by atoms with Crippen LogP contribution < -0.4 is 5.48 Å². The van der Waals surface area contributed by atoms with Gasteiger partial charge in [-0.05, 0) is 57.8 Å². The fourth-order valence-electron chi connectivity index (χ4n) is 2.90. The minimum Gasteiger partial charge on any atom is -0.289 e. The highest BCUT2D eigenvalue weighted by molar-refractivity contribution is 14.1. The summed E-state index contributed by atoms with van der Waals surface area (Å²) in [7, 11) is 0. The number of hydroxylamine groups is 3. The Bertz CT molecular complexity index is 878. The average Bonchev–Trinajstić information content (AvgIpc) is 2.65. The quantitative estimate of drug-likeness (QED) is 0.372. The van der Waals surface area contributed by atoms with E-state index in [0.29, 0.717) is 29.7 Å². The van der Waals surface area contributed by atoms with Crippen molar-refractivity contribution >= 4 is 34.4 Å². The average molecular weight is 485 g/mol. The van der Waals surface area contributed by atoms with Crippen molar-refractivity contribution < 1.29 is 24.0 Å². The molecule has 0 aliphatic carbocycles. The van der Waals surface area contributed by atoms with Crippen LogP contribution in [0.3, 0.4) is 0 Å². The number of aromatic nitrogens is 1. The molecule has 0 atom stereocenters. The summed E-state index contributed by atoms with van der Waals surface area (Å²) in [6, 6.07) is 4.96. The van der Waals surface area contributed by atoms with Gasteiger partial charge in [0.1, 0.15) is 5.82 Å². The van der Waals surface area contributed by atoms with Crippen molar-refractivity contribution in [2.45, 2.75) is 19.3 Å². The molecule has 0 fully saturated rings. The van der Waals surface area contributed by atoms with E-state index in [1.165, 1.54) is 16.6 Å². The fraction of sp³-hybridized carbons (Fsp3) is 0.278. The Kier molecular flexibility index (Phi) is 6.34. The van der Waals surface area contributed by atoms with Gasteiger partial charge in [-0.3, -0.25) is 24.6 Å². The Labute approximate surface area is 168 Å². The van der Waals surface area contributed by atoms with Crippen LogP contribution >= 0.6 is 22.6 Å². The maximum absolute atomic E-state index is 14.2. The van der Waals surface area contributed by atoms with E-state index in [9.17, 15) is 14.0 Å². The van der Waals surface area contributed by atoms with Gasteiger partial charge in [-0.1, -0.05) is 6.07 Å². The van der Waals surface area contributed by atoms with Gasteiger partial charge in [0.25, 0.3) is 5.91 Å². The van der Waals surface area contributed by atoms with Crippen molar-refractivity contribution in [3.63, 3.8) is 0 Å². The smallest absolute Gasteiger partial charge is 0.278 e. The lowest BCUT2D eigenvalue weighted by molar-refractivity contribution is -0.143. The Morgan fingerprint density at radius 1 is 1.37 bits per heavy atom. The molecule has 27 heavy (non-hydrogen) atoms. The second-order valence-corrected chi connectivity index (χ2v) is 7.27. The summed E-state index contributed by atoms with van der Waals surface area (Å²) in [5.74, 6) is -1.27. The predicted molar refractivity (Wildman–Crippen MR) is 101 cm³/mol. The van der Waals surface area contributed by atoms with E-state index in [4.69, 9.17) is 10.0 Å². The van der Waals surface area contributed by atoms with Crippen LogP contribution in [0.2, 0.25) is 0 Å². The van der Waals surface area contributed by atoms with Crippen LogP contribution in [0.4, 0.5) is 4.39 Å². The second-order valence-electron chi connectivity index (χ2n) is 6.02. The van der Waals surface area contributed by atoms with Crippen molar-refractivity contribution in [2.75, 3.05) is 13.2 Å². The van der Waals surface area contributed by atoms with Gasteiger partial charge in [-0.15, -0.1) is 0 Å². The van der Waals surface area contributed by atoms with Gasteiger partial charge < -0.3 is 0 Å². The molecule has 3 rings (SSSR count). The normalized spacial score (nSPS) is 13.4. The topological polar surface area (TPSA) is 91.8 Å². The Morgan fingerprint density at radius 3 is 2.93 bits per heavy atom. The molecule has 0 spiro atoms. The zero-order valence-electron chi connectivity index (χ0n) is 14.2. The van der Waals surface area contributed by atoms with Crippen molar-refractivity contribution in [1.82, 2.24) is 15.5 Å². The zero-order valence-corrected chi connectivity index (χ0v) is 16.4. The minimum absolute atomic E-state index is 0.0420. The molecular formula is C18H17FIN3O4. The number of rotatable bonds is 6. The summed E-state index contributed by atoms with van der Waals surface area (Å²) in [5.41, 5.74) is 3.86. The first-order chi connectivity index (χ1) is 13.0. The summed E-state index contributed by atoms with van der Waals surface area (Å²) in [4.78, 5) is 33.5. The highest BCUT2D eigenvalue weighted by Crippen LogP contribution is 2.25. The van der Waals surface area contributed by atoms with Gasteiger partial charge in [-0.2, -0.15) is 0 Å². The van der Waals surface area contributed by atoms with Crippen LogP contribution in [0.1, 0.15) is 33.5 Å². The highest BCUT2D eigenvalue weighted by atomic mass is 127. The van der Waals surface area contributed by atoms with E-state index < -0.39 is 5.91 Å². The van der Waals surface area contributed by atoms with Crippen LogP contribution in [-0.4, -0.2) is 40.2 Å². The second kappa shape index (κ2) is 8.72. The lowest BCUT2D eigenvalue weighted by Gasteiger charge is -2.28. The number of benzene rings is 1. The van der Waals surface area contributed by atoms with E-state index in [1.54, 1.807) is 18.5 Å². The summed E-state index contributed by atoms with van der Waals surface area (Å²) in [6.45, 7) is 0.287. The van der Waals surface area contributed by atoms with Gasteiger partial charge >= 0.3 is 0 Å². The van der Waals surface area contributed by atoms with Gasteiger partial charge in [0.05, 0.1) is 25.1 Å². The number of amides is 2. The van der Waals surface area contributed by atoms with Crippen molar-refractivity contribution in [3.8, 4) is 0 Å². The molecule has 2 amide bonds. The van der Waals surface area contributed by atoms with E-state index in [0.717, 1.165) is 9.13 Å². The van der Waals surface area contributed by atoms with Crippen molar-refractivity contribution in [3.05, 3.63) is 62.2 Å². The molecule has 0 radical (unpaired) electrons. The molecule has 9 heteroatoms. The first kappa shape index (κ1) is 19.6. The number of hydrogen-bond donors (Lipinski definition) is 2. The number of halogens is 2. The van der Waals surface area contributed by atoms with Crippen molar-refractivity contribution in [1.29, 1.82) is 0 Å². The van der Waals surface area contributed by atoms with Crippen molar-refractivity contribution in [2.24, 2.45) is 0 Å². The number of hydrogen-bond acceptors (Lipinski definition) is 5. The van der Waals surface area contributed by atoms with E-state index in [1.807, 2.05) is 28.7 Å². The van der Waals surface area contributed by atoms with Gasteiger partial charge in [-0.25, -0.2) is 14.9 Å². The maximum Gasteiger partial charge on any atom is 0.278 e. The molecule has 0 bridgehead atoms. The van der Waals surface area contributed by atoms with Crippen LogP contribution in [0.5, 0.6) is 0 Å². The number of nitrogens with one attached hydrogen (secondary N) is 1. The number of fused-ring (bicyclic) bond motifs is 1. The van der Waals surface area contributed by atoms with E-state index in [2.05, 4.69) is 4.98 Å². The summed E-state index contributed by atoms with van der Waals surface area (Å²) >= 11 is 2.04. The van der Waals surface area contributed by atoms with Crippen LogP contribution in [0, 0.1) is 9.39 Å². The maximum atomic E-state index is 14.2. The molecule has 0 saturated heterocycles. The lowest BCUT2D eigenvalue weighted by Crippen LogP contribution is -2.39. The number of carbonyl (C=O) groups excluding carboxylic acids is 2. The predicted octanol–water partition coefficient (Wildman–Crippen LogP) is 2.24. The SMILES string of the molecule is O=C(CCON1CCc2cncc(Cc3ccc(I)cc3F)c2C1=O)NO. The Hall–Kier alpha value is -2.11. The minimum atomic E-state index is -0.598. The molecular weight excluding hydrogens is 468 g/mol. The highest BCUT2D eigenvalue weighted by Gasteiger charge is 2.28. The largest absolute Gasteiger partial charge is 0.289 e. The molecule has 1 aromatic heterocycles. The van der Waals surface area contributed by atoms with Gasteiger partial charge in [0, 0.05) is 22.4 Å². The van der Waals surface area contributed by atoms with Crippen LogP contribution in [-0.2, 0) is 22.5 Å². The lowest BCUT2D eigenvalue weighted by atomic mass is 9.94. The molecule has 142 valence electrons. The molecule has 2 heterocycles. The third-order valence-corrected chi connectivity index (χ3v) is 4.90. The van der Waals surface area contributed by atoms with E-state index >= 15 is 0 Å². The standard InChI is InChI=1S/C18H17FIN3O4/c19-15-8-14(20)2-1-11(15)7-13-10-21-9-12-3-5-23(18(25)17(12)13)27-6-4-16(24)22-26/h1-2,8-10,26H,3-7H2,(H,22,24). The number of nitrogens with zero attached hydrogens (tertiary/aromatic N) is 2. The zero-order chi connectivity index (χ0) is 19.4. The molecule has 0 unspecified atom stereocenters. The summed E-state index contributed by atoms with van der Waals surface area (Å²) in [5, 5.41) is 9.69. The van der Waals surface area contributed by atoms with Gasteiger partial charge in [0.15, 0.2) is 0 Å². The van der Waals surface area contributed by atoms with Crippen LogP contribution in [0.15, 0.2) is 30.6 Å².